The Hall–Kier alpha value is -0.990. The van der Waals surface area contributed by atoms with Gasteiger partial charge in [0.25, 0.3) is 10.0 Å². The quantitative estimate of drug-likeness (QED) is 0.604. The molecule has 0 aliphatic rings. The largest absolute Gasteiger partial charge is 0.397 e. The number of anilines is 2. The van der Waals surface area contributed by atoms with E-state index in [1.165, 1.54) is 18.2 Å². The Balaban J connectivity index is 2.38. The molecule has 0 aliphatic carbocycles. The fourth-order valence-corrected chi connectivity index (χ4v) is 3.37. The van der Waals surface area contributed by atoms with Crippen molar-refractivity contribution in [3.8, 4) is 0 Å². The molecule has 0 aliphatic heterocycles. The molecule has 0 bridgehead atoms. The van der Waals surface area contributed by atoms with Crippen LogP contribution < -0.4 is 10.5 Å². The fraction of sp³-hybridized carbons (Fsp3) is 0. The van der Waals surface area contributed by atoms with Crippen LogP contribution in [0.3, 0.4) is 0 Å². The molecule has 0 spiro atoms. The Bertz CT molecular complexity index is 719. The van der Waals surface area contributed by atoms with E-state index in [9.17, 15) is 8.42 Å². The molecule has 0 saturated carbocycles. The molecular formula is C12H10ClIN2O2S. The lowest BCUT2D eigenvalue weighted by atomic mass is 10.3. The third kappa shape index (κ3) is 3.31. The second-order valence-electron chi connectivity index (χ2n) is 3.77. The predicted octanol–water partition coefficient (Wildman–Crippen LogP) is 3.33. The van der Waals surface area contributed by atoms with Gasteiger partial charge in [-0.25, -0.2) is 8.42 Å². The lowest BCUT2D eigenvalue weighted by molar-refractivity contribution is 0.601. The van der Waals surface area contributed by atoms with Gasteiger partial charge in [0, 0.05) is 3.57 Å². The van der Waals surface area contributed by atoms with Gasteiger partial charge in [-0.1, -0.05) is 23.7 Å². The van der Waals surface area contributed by atoms with Crippen molar-refractivity contribution in [3.05, 3.63) is 51.1 Å². The van der Waals surface area contributed by atoms with Gasteiger partial charge in [-0.2, -0.15) is 0 Å². The van der Waals surface area contributed by atoms with Crippen LogP contribution in [0.2, 0.25) is 5.02 Å². The topological polar surface area (TPSA) is 72.2 Å². The van der Waals surface area contributed by atoms with Gasteiger partial charge in [0.05, 0.1) is 21.3 Å². The van der Waals surface area contributed by atoms with Crippen LogP contribution in [0, 0.1) is 3.57 Å². The first kappa shape index (κ1) is 14.4. The summed E-state index contributed by atoms with van der Waals surface area (Å²) < 4.78 is 27.7. The van der Waals surface area contributed by atoms with E-state index in [4.69, 9.17) is 17.3 Å². The molecule has 2 rings (SSSR count). The first-order valence-corrected chi connectivity index (χ1v) is 8.16. The minimum absolute atomic E-state index is 0.0778. The number of halogens is 2. The number of benzene rings is 2. The molecule has 0 unspecified atom stereocenters. The summed E-state index contributed by atoms with van der Waals surface area (Å²) in [6.07, 6.45) is 0. The molecule has 2 aromatic rings. The summed E-state index contributed by atoms with van der Waals surface area (Å²) in [4.78, 5) is 0.0778. The molecule has 0 saturated heterocycles. The minimum atomic E-state index is -3.67. The van der Waals surface area contributed by atoms with Gasteiger partial charge in [0.15, 0.2) is 0 Å². The smallest absolute Gasteiger partial charge is 0.262 e. The second kappa shape index (κ2) is 5.56. The van der Waals surface area contributed by atoms with Crippen molar-refractivity contribution in [2.45, 2.75) is 4.90 Å². The summed E-state index contributed by atoms with van der Waals surface area (Å²) in [6, 6.07) is 11.3. The number of hydrogen-bond acceptors (Lipinski definition) is 3. The third-order valence-electron chi connectivity index (χ3n) is 2.40. The number of nitrogens with two attached hydrogens (primary N) is 1. The highest BCUT2D eigenvalue weighted by molar-refractivity contribution is 14.1. The molecule has 0 aromatic heterocycles. The SMILES string of the molecule is Nc1cc(S(=O)(=O)Nc2ccccc2I)ccc1Cl. The molecule has 2 aromatic carbocycles. The summed E-state index contributed by atoms with van der Waals surface area (Å²) >= 11 is 7.83. The van der Waals surface area contributed by atoms with E-state index in [0.29, 0.717) is 10.7 Å². The van der Waals surface area contributed by atoms with Crippen molar-refractivity contribution in [1.29, 1.82) is 0 Å². The van der Waals surface area contributed by atoms with Gasteiger partial charge in [0.1, 0.15) is 0 Å². The highest BCUT2D eigenvalue weighted by atomic mass is 127. The predicted molar refractivity (Wildman–Crippen MR) is 85.8 cm³/mol. The average molecular weight is 409 g/mol. The Morgan fingerprint density at radius 1 is 1.16 bits per heavy atom. The fourth-order valence-electron chi connectivity index (χ4n) is 1.44. The third-order valence-corrected chi connectivity index (χ3v) is 5.04. The highest BCUT2D eigenvalue weighted by Gasteiger charge is 2.16. The lowest BCUT2D eigenvalue weighted by Crippen LogP contribution is -2.14. The van der Waals surface area contributed by atoms with Gasteiger partial charge in [0.2, 0.25) is 0 Å². The van der Waals surface area contributed by atoms with Crippen molar-refractivity contribution in [3.63, 3.8) is 0 Å². The van der Waals surface area contributed by atoms with E-state index < -0.39 is 10.0 Å². The average Bonchev–Trinajstić information content (AvgIpc) is 2.35. The maximum absolute atomic E-state index is 12.2. The van der Waals surface area contributed by atoms with Gasteiger partial charge < -0.3 is 5.73 Å². The van der Waals surface area contributed by atoms with E-state index in [0.717, 1.165) is 3.57 Å². The minimum Gasteiger partial charge on any atom is -0.397 e. The Morgan fingerprint density at radius 3 is 2.47 bits per heavy atom. The normalized spacial score (nSPS) is 11.3. The summed E-state index contributed by atoms with van der Waals surface area (Å²) in [7, 11) is -3.67. The zero-order valence-corrected chi connectivity index (χ0v) is 13.3. The van der Waals surface area contributed by atoms with Crippen LogP contribution in [0.25, 0.3) is 0 Å². The molecule has 0 radical (unpaired) electrons. The molecule has 0 heterocycles. The molecule has 100 valence electrons. The van der Waals surface area contributed by atoms with Crippen LogP contribution in [0.1, 0.15) is 0 Å². The van der Waals surface area contributed by atoms with Crippen LogP contribution in [0.15, 0.2) is 47.4 Å². The van der Waals surface area contributed by atoms with Gasteiger partial charge in [-0.15, -0.1) is 0 Å². The lowest BCUT2D eigenvalue weighted by Gasteiger charge is -2.10. The summed E-state index contributed by atoms with van der Waals surface area (Å²) in [5, 5.41) is 0.327. The zero-order chi connectivity index (χ0) is 14.0. The van der Waals surface area contributed by atoms with E-state index in [2.05, 4.69) is 27.3 Å². The highest BCUT2D eigenvalue weighted by Crippen LogP contribution is 2.25. The maximum atomic E-state index is 12.2. The molecular weight excluding hydrogens is 399 g/mol. The van der Waals surface area contributed by atoms with E-state index in [1.54, 1.807) is 12.1 Å². The summed E-state index contributed by atoms with van der Waals surface area (Å²) in [5.74, 6) is 0. The molecule has 19 heavy (non-hydrogen) atoms. The summed E-state index contributed by atoms with van der Waals surface area (Å²) in [6.45, 7) is 0. The first-order chi connectivity index (χ1) is 8.90. The van der Waals surface area contributed by atoms with Crippen LogP contribution >= 0.6 is 34.2 Å². The van der Waals surface area contributed by atoms with Crippen LogP contribution in [-0.4, -0.2) is 8.42 Å². The van der Waals surface area contributed by atoms with Crippen LogP contribution in [0.5, 0.6) is 0 Å². The van der Waals surface area contributed by atoms with Crippen LogP contribution in [-0.2, 0) is 10.0 Å². The Labute approximate surface area is 130 Å². The van der Waals surface area contributed by atoms with Crippen molar-refractivity contribution in [1.82, 2.24) is 0 Å². The standard InChI is InChI=1S/C12H10ClIN2O2S/c13-9-6-5-8(7-11(9)15)19(17,18)16-12-4-2-1-3-10(12)14/h1-7,16H,15H2. The van der Waals surface area contributed by atoms with Crippen molar-refractivity contribution in [2.75, 3.05) is 10.5 Å². The van der Waals surface area contributed by atoms with Gasteiger partial charge in [-0.3, -0.25) is 4.72 Å². The van der Waals surface area contributed by atoms with E-state index >= 15 is 0 Å². The van der Waals surface area contributed by atoms with Gasteiger partial charge in [-0.05, 0) is 52.9 Å². The number of sulfonamides is 1. The van der Waals surface area contributed by atoms with Crippen molar-refractivity contribution < 1.29 is 8.42 Å². The van der Waals surface area contributed by atoms with Crippen molar-refractivity contribution in [2.24, 2.45) is 0 Å². The van der Waals surface area contributed by atoms with Crippen molar-refractivity contribution >= 4 is 55.6 Å². The molecule has 0 fully saturated rings. The van der Waals surface area contributed by atoms with Crippen LogP contribution in [0.4, 0.5) is 11.4 Å². The monoisotopic (exact) mass is 408 g/mol. The molecule has 0 atom stereocenters. The maximum Gasteiger partial charge on any atom is 0.262 e. The number of rotatable bonds is 3. The molecule has 0 amide bonds. The molecule has 3 N–H and O–H groups in total. The number of nitrogens with one attached hydrogen (secondary N) is 1. The molecule has 4 nitrogen and oxygen atoms in total. The Kier molecular flexibility index (Phi) is 4.22. The van der Waals surface area contributed by atoms with E-state index in [1.807, 2.05) is 12.1 Å². The number of hydrogen-bond donors (Lipinski definition) is 2. The second-order valence-corrected chi connectivity index (χ2v) is 7.02. The summed E-state index contributed by atoms with van der Waals surface area (Å²) in [5.41, 5.74) is 6.37. The number of nitrogen functional groups attached to an aromatic ring is 1. The first-order valence-electron chi connectivity index (χ1n) is 5.22. The zero-order valence-electron chi connectivity index (χ0n) is 9.60. The van der Waals surface area contributed by atoms with Gasteiger partial charge >= 0.3 is 0 Å². The Morgan fingerprint density at radius 2 is 1.84 bits per heavy atom. The molecule has 7 heteroatoms. The number of para-hydroxylation sites is 1. The van der Waals surface area contributed by atoms with E-state index in [-0.39, 0.29) is 10.6 Å².